The Bertz CT molecular complexity index is 947. The summed E-state index contributed by atoms with van der Waals surface area (Å²) in [5.74, 6) is 3.21. The van der Waals surface area contributed by atoms with Gasteiger partial charge in [-0.05, 0) is 19.2 Å². The van der Waals surface area contributed by atoms with Gasteiger partial charge in [-0.3, -0.25) is 0 Å². The van der Waals surface area contributed by atoms with E-state index in [0.29, 0.717) is 49.1 Å². The van der Waals surface area contributed by atoms with E-state index in [-0.39, 0.29) is 6.03 Å². The summed E-state index contributed by atoms with van der Waals surface area (Å²) >= 11 is 0. The maximum Gasteiger partial charge on any atom is 0.321 e. The van der Waals surface area contributed by atoms with E-state index in [9.17, 15) is 4.79 Å². The topological polar surface area (TPSA) is 95.5 Å². The molecule has 0 atom stereocenters. The molecule has 34 heavy (non-hydrogen) atoms. The molecule has 2 fully saturated rings. The average molecular weight is 472 g/mol. The van der Waals surface area contributed by atoms with Crippen molar-refractivity contribution < 1.29 is 19.0 Å². The van der Waals surface area contributed by atoms with Crippen LogP contribution < -0.4 is 29.3 Å². The number of piperazine rings is 2. The first-order valence-electron chi connectivity index (χ1n) is 11.4. The summed E-state index contributed by atoms with van der Waals surface area (Å²) in [5.41, 5.74) is 0.576. The van der Waals surface area contributed by atoms with Crippen molar-refractivity contribution >= 4 is 23.4 Å². The molecule has 1 aromatic heterocycles. The van der Waals surface area contributed by atoms with Crippen molar-refractivity contribution in [2.24, 2.45) is 0 Å². The van der Waals surface area contributed by atoms with E-state index in [0.717, 1.165) is 37.8 Å². The molecule has 0 saturated carbocycles. The molecule has 3 heterocycles. The monoisotopic (exact) mass is 471 g/mol. The Balaban J connectivity index is 1.32. The molecule has 1 N–H and O–H groups in total. The molecule has 11 nitrogen and oxygen atoms in total. The van der Waals surface area contributed by atoms with Crippen molar-refractivity contribution in [2.75, 3.05) is 95.9 Å². The number of ether oxygens (including phenoxy) is 3. The molecule has 2 saturated heterocycles. The minimum absolute atomic E-state index is 0.176. The predicted octanol–water partition coefficient (Wildman–Crippen LogP) is 1.61. The highest BCUT2D eigenvalue weighted by molar-refractivity contribution is 5.90. The largest absolute Gasteiger partial charge is 0.493 e. The Morgan fingerprint density at radius 2 is 1.29 bits per heavy atom. The van der Waals surface area contributed by atoms with Crippen LogP contribution in [-0.4, -0.2) is 107 Å². The van der Waals surface area contributed by atoms with Crippen LogP contribution in [0.25, 0.3) is 0 Å². The lowest BCUT2D eigenvalue weighted by Gasteiger charge is -2.35. The highest BCUT2D eigenvalue weighted by Gasteiger charge is 2.24. The zero-order valence-corrected chi connectivity index (χ0v) is 20.3. The van der Waals surface area contributed by atoms with Crippen molar-refractivity contribution in [3.05, 3.63) is 24.3 Å². The number of hydrogen-bond donors (Lipinski definition) is 1. The van der Waals surface area contributed by atoms with E-state index in [2.05, 4.69) is 37.3 Å². The van der Waals surface area contributed by atoms with Gasteiger partial charge in [-0.2, -0.15) is 0 Å². The van der Waals surface area contributed by atoms with Gasteiger partial charge in [0.2, 0.25) is 5.75 Å². The van der Waals surface area contributed by atoms with Crippen molar-refractivity contribution in [1.82, 2.24) is 20.0 Å². The molecule has 0 radical (unpaired) electrons. The maximum absolute atomic E-state index is 12.9. The number of likely N-dealkylation sites (N-methyl/N-ethyl adjacent to an activating group) is 1. The third-order valence-corrected chi connectivity index (χ3v) is 6.27. The van der Waals surface area contributed by atoms with Crippen LogP contribution in [0.15, 0.2) is 24.3 Å². The summed E-state index contributed by atoms with van der Waals surface area (Å²) in [6.45, 7) is 6.52. The molecule has 0 spiro atoms. The van der Waals surface area contributed by atoms with E-state index < -0.39 is 0 Å². The fraction of sp³-hybridized carbons (Fsp3) is 0.522. The van der Waals surface area contributed by atoms with E-state index in [1.54, 1.807) is 38.4 Å². The van der Waals surface area contributed by atoms with Crippen LogP contribution in [0.1, 0.15) is 0 Å². The Hall–Kier alpha value is -3.47. The van der Waals surface area contributed by atoms with Crippen LogP contribution in [0, 0.1) is 0 Å². The number of hydrogen-bond acceptors (Lipinski definition) is 9. The van der Waals surface area contributed by atoms with Crippen LogP contribution in [-0.2, 0) is 0 Å². The molecular weight excluding hydrogens is 438 g/mol. The van der Waals surface area contributed by atoms with Gasteiger partial charge in [0.15, 0.2) is 23.1 Å². The molecular formula is C23H33N7O4. The molecule has 0 aliphatic carbocycles. The SMILES string of the molecule is COc1cc(NC(=O)N2CCN(c3ccc(N4CCN(C)CC4)nn3)CC2)cc(OC)c1OC. The lowest BCUT2D eigenvalue weighted by Crippen LogP contribution is -2.50. The van der Waals surface area contributed by atoms with Gasteiger partial charge in [0.25, 0.3) is 0 Å². The number of carbonyl (C=O) groups excluding carboxylic acids is 1. The molecule has 1 aromatic carbocycles. The molecule has 2 aliphatic rings. The average Bonchev–Trinajstić information content (AvgIpc) is 2.88. The van der Waals surface area contributed by atoms with Gasteiger partial charge in [-0.25, -0.2) is 4.79 Å². The predicted molar refractivity (Wildman–Crippen MR) is 131 cm³/mol. The number of carbonyl (C=O) groups is 1. The summed E-state index contributed by atoms with van der Waals surface area (Å²) < 4.78 is 16.1. The summed E-state index contributed by atoms with van der Waals surface area (Å²) in [4.78, 5) is 21.4. The highest BCUT2D eigenvalue weighted by atomic mass is 16.5. The normalized spacial score (nSPS) is 16.9. The molecule has 184 valence electrons. The quantitative estimate of drug-likeness (QED) is 0.674. The number of rotatable bonds is 6. The van der Waals surface area contributed by atoms with Gasteiger partial charge in [-0.1, -0.05) is 0 Å². The second-order valence-corrected chi connectivity index (χ2v) is 8.36. The molecule has 11 heteroatoms. The zero-order valence-electron chi connectivity index (χ0n) is 20.3. The van der Waals surface area contributed by atoms with Gasteiger partial charge < -0.3 is 39.1 Å². The summed E-state index contributed by atoms with van der Waals surface area (Å²) in [5, 5.41) is 11.8. The Morgan fingerprint density at radius 1 is 0.794 bits per heavy atom. The van der Waals surface area contributed by atoms with Crippen LogP contribution in [0.2, 0.25) is 0 Å². The first-order chi connectivity index (χ1) is 16.5. The van der Waals surface area contributed by atoms with Gasteiger partial charge in [-0.15, -0.1) is 10.2 Å². The molecule has 0 bridgehead atoms. The fourth-order valence-corrected chi connectivity index (χ4v) is 4.19. The number of aromatic nitrogens is 2. The third kappa shape index (κ3) is 5.19. The lowest BCUT2D eigenvalue weighted by atomic mass is 10.2. The maximum atomic E-state index is 12.9. The van der Waals surface area contributed by atoms with Gasteiger partial charge in [0.1, 0.15) is 0 Å². The van der Waals surface area contributed by atoms with Crippen LogP contribution in [0.5, 0.6) is 17.2 Å². The van der Waals surface area contributed by atoms with E-state index >= 15 is 0 Å². The number of urea groups is 1. The van der Waals surface area contributed by atoms with Gasteiger partial charge in [0.05, 0.1) is 27.0 Å². The fourth-order valence-electron chi connectivity index (χ4n) is 4.19. The van der Waals surface area contributed by atoms with E-state index in [1.165, 1.54) is 0 Å². The number of amides is 2. The van der Waals surface area contributed by atoms with Crippen molar-refractivity contribution in [3.63, 3.8) is 0 Å². The Morgan fingerprint density at radius 3 is 1.74 bits per heavy atom. The van der Waals surface area contributed by atoms with Crippen molar-refractivity contribution in [1.29, 1.82) is 0 Å². The van der Waals surface area contributed by atoms with Crippen molar-refractivity contribution in [3.8, 4) is 17.2 Å². The number of anilines is 3. The molecule has 2 amide bonds. The Kier molecular flexibility index (Phi) is 7.41. The summed E-state index contributed by atoms with van der Waals surface area (Å²) in [6.07, 6.45) is 0. The molecule has 4 rings (SSSR count). The summed E-state index contributed by atoms with van der Waals surface area (Å²) in [7, 11) is 6.77. The molecule has 2 aromatic rings. The van der Waals surface area contributed by atoms with E-state index in [4.69, 9.17) is 14.2 Å². The summed E-state index contributed by atoms with van der Waals surface area (Å²) in [6, 6.07) is 7.31. The third-order valence-electron chi connectivity index (χ3n) is 6.27. The number of nitrogens with one attached hydrogen (secondary N) is 1. The smallest absolute Gasteiger partial charge is 0.321 e. The molecule has 0 unspecified atom stereocenters. The first-order valence-corrected chi connectivity index (χ1v) is 11.4. The second kappa shape index (κ2) is 10.6. The standard InChI is InChI=1S/C23H33N7O4/c1-27-7-9-28(10-8-27)20-5-6-21(26-25-20)29-11-13-30(14-12-29)23(31)24-17-15-18(32-2)22(34-4)19(16-17)33-3/h5-6,15-16H,7-14H2,1-4H3,(H,24,31). The van der Waals surface area contributed by atoms with Gasteiger partial charge >= 0.3 is 6.03 Å². The van der Waals surface area contributed by atoms with Crippen LogP contribution in [0.4, 0.5) is 22.1 Å². The molecule has 2 aliphatic heterocycles. The lowest BCUT2D eigenvalue weighted by molar-refractivity contribution is 0.208. The minimum Gasteiger partial charge on any atom is -0.493 e. The van der Waals surface area contributed by atoms with Crippen LogP contribution >= 0.6 is 0 Å². The number of benzene rings is 1. The first kappa shape index (κ1) is 23.7. The zero-order chi connectivity index (χ0) is 24.1. The number of nitrogens with zero attached hydrogens (tertiary/aromatic N) is 6. The van der Waals surface area contributed by atoms with Gasteiger partial charge in [0, 0.05) is 64.5 Å². The second-order valence-electron chi connectivity index (χ2n) is 8.36. The van der Waals surface area contributed by atoms with E-state index in [1.807, 2.05) is 12.1 Å². The highest BCUT2D eigenvalue weighted by Crippen LogP contribution is 2.40. The number of methoxy groups -OCH3 is 3. The minimum atomic E-state index is -0.176. The van der Waals surface area contributed by atoms with Crippen molar-refractivity contribution in [2.45, 2.75) is 0 Å². The Labute approximate surface area is 200 Å². The van der Waals surface area contributed by atoms with Crippen LogP contribution in [0.3, 0.4) is 0 Å².